The van der Waals surface area contributed by atoms with Gasteiger partial charge in [0, 0.05) is 24.8 Å². The van der Waals surface area contributed by atoms with E-state index in [1.54, 1.807) is 24.3 Å². The molecule has 2 aromatic rings. The molecule has 2 aromatic carbocycles. The molecule has 0 bridgehead atoms. The Hall–Kier alpha value is -2.66. The Morgan fingerprint density at radius 3 is 2.26 bits per heavy atom. The molecule has 1 unspecified atom stereocenters. The van der Waals surface area contributed by atoms with Gasteiger partial charge in [0.25, 0.3) is 5.91 Å². The van der Waals surface area contributed by atoms with Gasteiger partial charge in [0.1, 0.15) is 0 Å². The molecule has 0 aliphatic carbocycles. The number of carbonyl (C=O) groups excluding carboxylic acids is 2. The van der Waals surface area contributed by atoms with Gasteiger partial charge in [0.15, 0.2) is 0 Å². The van der Waals surface area contributed by atoms with Crippen LogP contribution in [0.25, 0.3) is 0 Å². The van der Waals surface area contributed by atoms with Crippen molar-refractivity contribution in [1.29, 1.82) is 0 Å². The number of hydrogen-bond donors (Lipinski definition) is 3. The van der Waals surface area contributed by atoms with Gasteiger partial charge in [0.2, 0.25) is 5.91 Å². The van der Waals surface area contributed by atoms with E-state index >= 15 is 0 Å². The Labute approximate surface area is 135 Å². The summed E-state index contributed by atoms with van der Waals surface area (Å²) in [5.41, 5.74) is 2.09. The monoisotopic (exact) mass is 312 g/mol. The van der Waals surface area contributed by atoms with Crippen molar-refractivity contribution in [2.75, 3.05) is 11.9 Å². The highest BCUT2D eigenvalue weighted by Crippen LogP contribution is 2.17. The predicted molar refractivity (Wildman–Crippen MR) is 89.1 cm³/mol. The first-order valence-corrected chi connectivity index (χ1v) is 7.44. The lowest BCUT2D eigenvalue weighted by Gasteiger charge is -2.18. The minimum atomic E-state index is -0.247. The SMILES string of the molecule is CC(=O)Nc1ccc(C(=O)NC(CCO)c2ccccc2)cc1. The quantitative estimate of drug-likeness (QED) is 0.767. The second-order valence-corrected chi connectivity index (χ2v) is 5.21. The molecule has 1 atom stereocenters. The van der Waals surface area contributed by atoms with Gasteiger partial charge >= 0.3 is 0 Å². The smallest absolute Gasteiger partial charge is 0.251 e. The molecule has 0 saturated heterocycles. The van der Waals surface area contributed by atoms with Crippen molar-refractivity contribution >= 4 is 17.5 Å². The number of rotatable bonds is 6. The van der Waals surface area contributed by atoms with Crippen LogP contribution in [0.5, 0.6) is 0 Å². The topological polar surface area (TPSA) is 78.4 Å². The Balaban J connectivity index is 2.08. The molecule has 0 aromatic heterocycles. The zero-order chi connectivity index (χ0) is 16.7. The van der Waals surface area contributed by atoms with E-state index in [-0.39, 0.29) is 24.5 Å². The first kappa shape index (κ1) is 16.7. The lowest BCUT2D eigenvalue weighted by molar-refractivity contribution is -0.114. The summed E-state index contributed by atoms with van der Waals surface area (Å²) >= 11 is 0. The molecular weight excluding hydrogens is 292 g/mol. The van der Waals surface area contributed by atoms with Gasteiger partial charge in [-0.1, -0.05) is 30.3 Å². The van der Waals surface area contributed by atoms with Gasteiger partial charge in [-0.2, -0.15) is 0 Å². The van der Waals surface area contributed by atoms with Crippen LogP contribution in [0.2, 0.25) is 0 Å². The minimum Gasteiger partial charge on any atom is -0.396 e. The molecule has 0 aliphatic heterocycles. The fraction of sp³-hybridized carbons (Fsp3) is 0.222. The van der Waals surface area contributed by atoms with Crippen LogP contribution in [-0.4, -0.2) is 23.5 Å². The van der Waals surface area contributed by atoms with E-state index in [1.165, 1.54) is 6.92 Å². The second kappa shape index (κ2) is 8.10. The zero-order valence-electron chi connectivity index (χ0n) is 13.0. The first-order chi connectivity index (χ1) is 11.1. The maximum atomic E-state index is 12.4. The van der Waals surface area contributed by atoms with Crippen molar-refractivity contribution in [1.82, 2.24) is 5.32 Å². The maximum Gasteiger partial charge on any atom is 0.251 e. The molecule has 0 radical (unpaired) electrons. The van der Waals surface area contributed by atoms with Crippen LogP contribution in [-0.2, 0) is 4.79 Å². The van der Waals surface area contributed by atoms with Crippen LogP contribution in [0.15, 0.2) is 54.6 Å². The number of aliphatic hydroxyl groups is 1. The zero-order valence-corrected chi connectivity index (χ0v) is 13.0. The molecule has 0 heterocycles. The lowest BCUT2D eigenvalue weighted by atomic mass is 10.0. The number of anilines is 1. The van der Waals surface area contributed by atoms with Gasteiger partial charge in [-0.15, -0.1) is 0 Å². The minimum absolute atomic E-state index is 0.0126. The van der Waals surface area contributed by atoms with Crippen LogP contribution in [0.1, 0.15) is 35.3 Å². The highest BCUT2D eigenvalue weighted by atomic mass is 16.3. The molecule has 120 valence electrons. The normalized spacial score (nSPS) is 11.6. The van der Waals surface area contributed by atoms with Gasteiger partial charge < -0.3 is 15.7 Å². The predicted octanol–water partition coefficient (Wildman–Crippen LogP) is 2.50. The van der Waals surface area contributed by atoms with Crippen molar-refractivity contribution in [3.63, 3.8) is 0 Å². The summed E-state index contributed by atoms with van der Waals surface area (Å²) in [6.45, 7) is 1.42. The summed E-state index contributed by atoms with van der Waals surface area (Å²) in [7, 11) is 0. The molecule has 0 spiro atoms. The largest absolute Gasteiger partial charge is 0.396 e. The van der Waals surface area contributed by atoms with Crippen LogP contribution in [0.3, 0.4) is 0 Å². The summed E-state index contributed by atoms with van der Waals surface area (Å²) in [5, 5.41) is 14.8. The van der Waals surface area contributed by atoms with Crippen molar-refractivity contribution in [3.8, 4) is 0 Å². The average Bonchev–Trinajstić information content (AvgIpc) is 2.55. The second-order valence-electron chi connectivity index (χ2n) is 5.21. The number of hydrogen-bond acceptors (Lipinski definition) is 3. The Bertz CT molecular complexity index is 654. The molecule has 23 heavy (non-hydrogen) atoms. The van der Waals surface area contributed by atoms with E-state index in [4.69, 9.17) is 0 Å². The van der Waals surface area contributed by atoms with Crippen molar-refractivity contribution in [2.24, 2.45) is 0 Å². The molecule has 5 nitrogen and oxygen atoms in total. The highest BCUT2D eigenvalue weighted by molar-refractivity contribution is 5.95. The van der Waals surface area contributed by atoms with E-state index in [1.807, 2.05) is 30.3 Å². The molecule has 3 N–H and O–H groups in total. The molecule has 0 aliphatic rings. The van der Waals surface area contributed by atoms with Crippen LogP contribution in [0, 0.1) is 0 Å². The Morgan fingerprint density at radius 2 is 1.70 bits per heavy atom. The van der Waals surface area contributed by atoms with Crippen LogP contribution < -0.4 is 10.6 Å². The number of amides is 2. The molecule has 0 fully saturated rings. The third-order valence-corrected chi connectivity index (χ3v) is 3.39. The van der Waals surface area contributed by atoms with E-state index < -0.39 is 0 Å². The van der Waals surface area contributed by atoms with E-state index in [2.05, 4.69) is 10.6 Å². The standard InChI is InChI=1S/C18H20N2O3/c1-13(22)19-16-9-7-15(8-10-16)18(23)20-17(11-12-21)14-5-3-2-4-6-14/h2-10,17,21H,11-12H2,1H3,(H,19,22)(H,20,23). The van der Waals surface area contributed by atoms with Crippen molar-refractivity contribution in [3.05, 3.63) is 65.7 Å². The Kier molecular flexibility index (Phi) is 5.88. The number of aliphatic hydroxyl groups excluding tert-OH is 1. The van der Waals surface area contributed by atoms with Gasteiger partial charge in [-0.3, -0.25) is 9.59 Å². The molecule has 5 heteroatoms. The third kappa shape index (κ3) is 4.93. The summed E-state index contributed by atoms with van der Waals surface area (Å²) in [6.07, 6.45) is 0.444. The van der Waals surface area contributed by atoms with Gasteiger partial charge in [0.05, 0.1) is 6.04 Å². The molecule has 2 amide bonds. The summed E-state index contributed by atoms with van der Waals surface area (Å²) < 4.78 is 0. The lowest BCUT2D eigenvalue weighted by Crippen LogP contribution is -2.29. The molecule has 0 saturated carbocycles. The number of nitrogens with one attached hydrogen (secondary N) is 2. The van der Waals surface area contributed by atoms with Gasteiger partial charge in [-0.05, 0) is 36.2 Å². The third-order valence-electron chi connectivity index (χ3n) is 3.39. The summed E-state index contributed by atoms with van der Waals surface area (Å²) in [5.74, 6) is -0.379. The van der Waals surface area contributed by atoms with E-state index in [9.17, 15) is 14.7 Å². The van der Waals surface area contributed by atoms with Crippen molar-refractivity contribution in [2.45, 2.75) is 19.4 Å². The Morgan fingerprint density at radius 1 is 1.04 bits per heavy atom. The van der Waals surface area contributed by atoms with E-state index in [0.29, 0.717) is 17.7 Å². The number of carbonyl (C=O) groups is 2. The molecule has 2 rings (SSSR count). The van der Waals surface area contributed by atoms with Crippen molar-refractivity contribution < 1.29 is 14.7 Å². The highest BCUT2D eigenvalue weighted by Gasteiger charge is 2.15. The van der Waals surface area contributed by atoms with Crippen LogP contribution >= 0.6 is 0 Å². The summed E-state index contributed by atoms with van der Waals surface area (Å²) in [4.78, 5) is 23.3. The van der Waals surface area contributed by atoms with Gasteiger partial charge in [-0.25, -0.2) is 0 Å². The van der Waals surface area contributed by atoms with E-state index in [0.717, 1.165) is 5.56 Å². The fourth-order valence-corrected chi connectivity index (χ4v) is 2.29. The maximum absolute atomic E-state index is 12.4. The summed E-state index contributed by atoms with van der Waals surface area (Å²) in [6, 6.07) is 16.0. The average molecular weight is 312 g/mol. The van der Waals surface area contributed by atoms with Crippen LogP contribution in [0.4, 0.5) is 5.69 Å². The number of benzene rings is 2. The first-order valence-electron chi connectivity index (χ1n) is 7.44. The molecular formula is C18H20N2O3. The fourth-order valence-electron chi connectivity index (χ4n) is 2.29.